The molecule has 0 radical (unpaired) electrons. The van der Waals surface area contributed by atoms with Gasteiger partial charge in [-0.05, 0) is 19.4 Å². The summed E-state index contributed by atoms with van der Waals surface area (Å²) in [6.45, 7) is 4.06. The molecule has 6 nitrogen and oxygen atoms in total. The zero-order chi connectivity index (χ0) is 11.8. The Balaban J connectivity index is 2.21. The van der Waals surface area contributed by atoms with Gasteiger partial charge in [-0.1, -0.05) is 6.92 Å². The molecule has 1 aliphatic rings. The van der Waals surface area contributed by atoms with Gasteiger partial charge in [-0.15, -0.1) is 0 Å². The van der Waals surface area contributed by atoms with Crippen LogP contribution in [-0.2, 0) is 6.42 Å². The van der Waals surface area contributed by atoms with Crippen LogP contribution in [0.3, 0.4) is 0 Å². The highest BCUT2D eigenvalue weighted by atomic mass is 15.3. The lowest BCUT2D eigenvalue weighted by atomic mass is 10.2. The second kappa shape index (κ2) is 3.96. The van der Waals surface area contributed by atoms with Crippen molar-refractivity contribution in [1.82, 2.24) is 25.1 Å². The molecule has 17 heavy (non-hydrogen) atoms. The molecule has 90 valence electrons. The third-order valence-corrected chi connectivity index (χ3v) is 3.31. The Morgan fingerprint density at radius 1 is 1.53 bits per heavy atom. The van der Waals surface area contributed by atoms with Crippen LogP contribution in [0.1, 0.15) is 25.1 Å². The zero-order valence-corrected chi connectivity index (χ0v) is 9.85. The molecule has 0 aromatic carbocycles. The minimum Gasteiger partial charge on any atom is -0.383 e. The number of aryl methyl sites for hydroxylation is 1. The van der Waals surface area contributed by atoms with Gasteiger partial charge in [0.25, 0.3) is 0 Å². The smallest absolute Gasteiger partial charge is 0.163 e. The van der Waals surface area contributed by atoms with E-state index < -0.39 is 0 Å². The molecule has 1 aliphatic heterocycles. The molecule has 0 aliphatic carbocycles. The van der Waals surface area contributed by atoms with E-state index in [1.807, 2.05) is 4.68 Å². The van der Waals surface area contributed by atoms with Gasteiger partial charge in [-0.3, -0.25) is 0 Å². The molecular weight excluding hydrogens is 216 g/mol. The number of nitrogens with one attached hydrogen (secondary N) is 1. The summed E-state index contributed by atoms with van der Waals surface area (Å²) in [4.78, 5) is 8.39. The van der Waals surface area contributed by atoms with E-state index in [-0.39, 0.29) is 0 Å². The van der Waals surface area contributed by atoms with Gasteiger partial charge in [-0.25, -0.2) is 14.6 Å². The number of hydrogen-bond acceptors (Lipinski definition) is 5. The number of anilines is 1. The highest BCUT2D eigenvalue weighted by Gasteiger charge is 2.22. The lowest BCUT2D eigenvalue weighted by molar-refractivity contribution is 0.498. The van der Waals surface area contributed by atoms with Crippen molar-refractivity contribution in [3.63, 3.8) is 0 Å². The number of nitrogen functional groups attached to an aromatic ring is 1. The summed E-state index contributed by atoms with van der Waals surface area (Å²) in [5, 5.41) is 8.91. The highest BCUT2D eigenvalue weighted by molar-refractivity contribution is 5.88. The second-order valence-corrected chi connectivity index (χ2v) is 4.35. The van der Waals surface area contributed by atoms with Crippen molar-refractivity contribution in [2.24, 2.45) is 0 Å². The Labute approximate surface area is 99.2 Å². The minimum atomic E-state index is 0.382. The van der Waals surface area contributed by atoms with Crippen molar-refractivity contribution in [3.05, 3.63) is 12.0 Å². The first-order chi connectivity index (χ1) is 8.31. The van der Waals surface area contributed by atoms with E-state index in [0.29, 0.717) is 11.9 Å². The number of aromatic nitrogens is 4. The van der Waals surface area contributed by atoms with Gasteiger partial charge >= 0.3 is 0 Å². The molecule has 1 unspecified atom stereocenters. The Morgan fingerprint density at radius 2 is 2.41 bits per heavy atom. The molecule has 1 atom stereocenters. The predicted octanol–water partition coefficient (Wildman–Crippen LogP) is 0.505. The molecule has 0 bridgehead atoms. The third-order valence-electron chi connectivity index (χ3n) is 3.31. The molecule has 2 aromatic heterocycles. The van der Waals surface area contributed by atoms with E-state index in [2.05, 4.69) is 27.3 Å². The summed E-state index contributed by atoms with van der Waals surface area (Å²) in [6.07, 6.45) is 3.45. The summed E-state index contributed by atoms with van der Waals surface area (Å²) in [7, 11) is 0. The topological polar surface area (TPSA) is 81.7 Å². The van der Waals surface area contributed by atoms with Crippen molar-refractivity contribution in [2.75, 3.05) is 18.8 Å². The standard InChI is InChI=1S/C11H16N6/c1-2-8-9-10(12)14-6-15-11(9)17(16-8)7-3-4-13-5-7/h6-7,13H,2-5H2,1H3,(H2,12,14,15). The summed E-state index contributed by atoms with van der Waals surface area (Å²) in [5.41, 5.74) is 7.78. The summed E-state index contributed by atoms with van der Waals surface area (Å²) >= 11 is 0. The van der Waals surface area contributed by atoms with Crippen LogP contribution >= 0.6 is 0 Å². The Bertz CT molecular complexity index is 540. The van der Waals surface area contributed by atoms with Gasteiger partial charge in [0.05, 0.1) is 17.1 Å². The average molecular weight is 232 g/mol. The molecule has 1 saturated heterocycles. The van der Waals surface area contributed by atoms with Crippen LogP contribution < -0.4 is 11.1 Å². The van der Waals surface area contributed by atoms with E-state index in [0.717, 1.165) is 42.7 Å². The largest absolute Gasteiger partial charge is 0.383 e. The van der Waals surface area contributed by atoms with Crippen molar-refractivity contribution < 1.29 is 0 Å². The summed E-state index contributed by atoms with van der Waals surface area (Å²) < 4.78 is 2.01. The molecule has 1 fully saturated rings. The maximum absolute atomic E-state index is 5.92. The van der Waals surface area contributed by atoms with Gasteiger partial charge in [0.15, 0.2) is 5.65 Å². The fraction of sp³-hybridized carbons (Fsp3) is 0.545. The summed E-state index contributed by atoms with van der Waals surface area (Å²) in [5.74, 6) is 0.532. The lowest BCUT2D eigenvalue weighted by Crippen LogP contribution is -2.15. The van der Waals surface area contributed by atoms with E-state index in [1.165, 1.54) is 6.33 Å². The number of fused-ring (bicyclic) bond motifs is 1. The van der Waals surface area contributed by atoms with Crippen molar-refractivity contribution in [2.45, 2.75) is 25.8 Å². The van der Waals surface area contributed by atoms with Crippen LogP contribution in [0.25, 0.3) is 11.0 Å². The lowest BCUT2D eigenvalue weighted by Gasteiger charge is -2.09. The average Bonchev–Trinajstić information content (AvgIpc) is 2.95. The molecule has 3 heterocycles. The fourth-order valence-corrected chi connectivity index (χ4v) is 2.42. The number of hydrogen-bond donors (Lipinski definition) is 2. The van der Waals surface area contributed by atoms with E-state index in [1.54, 1.807) is 0 Å². The van der Waals surface area contributed by atoms with Crippen LogP contribution in [0.15, 0.2) is 6.33 Å². The first-order valence-electron chi connectivity index (χ1n) is 5.99. The first kappa shape index (κ1) is 10.5. The molecule has 2 aromatic rings. The highest BCUT2D eigenvalue weighted by Crippen LogP contribution is 2.26. The van der Waals surface area contributed by atoms with Crippen LogP contribution in [0.5, 0.6) is 0 Å². The number of nitrogens with two attached hydrogens (primary N) is 1. The van der Waals surface area contributed by atoms with E-state index >= 15 is 0 Å². The molecule has 0 amide bonds. The van der Waals surface area contributed by atoms with Gasteiger partial charge < -0.3 is 11.1 Å². The molecule has 3 rings (SSSR count). The maximum atomic E-state index is 5.92. The summed E-state index contributed by atoms with van der Waals surface area (Å²) in [6, 6.07) is 0.382. The Kier molecular flexibility index (Phi) is 2.44. The van der Waals surface area contributed by atoms with Crippen molar-refractivity contribution in [1.29, 1.82) is 0 Å². The molecule has 0 saturated carbocycles. The monoisotopic (exact) mass is 232 g/mol. The minimum absolute atomic E-state index is 0.382. The number of nitrogens with zero attached hydrogens (tertiary/aromatic N) is 4. The van der Waals surface area contributed by atoms with Crippen LogP contribution in [-0.4, -0.2) is 32.8 Å². The molecular formula is C11H16N6. The number of rotatable bonds is 2. The maximum Gasteiger partial charge on any atom is 0.163 e. The van der Waals surface area contributed by atoms with Gasteiger partial charge in [0, 0.05) is 6.54 Å². The third kappa shape index (κ3) is 1.56. The SMILES string of the molecule is CCc1nn(C2CCNC2)c2ncnc(N)c12. The first-order valence-corrected chi connectivity index (χ1v) is 5.99. The molecule has 6 heteroatoms. The van der Waals surface area contributed by atoms with Crippen LogP contribution in [0, 0.1) is 0 Å². The Morgan fingerprint density at radius 3 is 3.12 bits per heavy atom. The van der Waals surface area contributed by atoms with Gasteiger partial charge in [0.2, 0.25) is 0 Å². The zero-order valence-electron chi connectivity index (χ0n) is 9.85. The van der Waals surface area contributed by atoms with Crippen LogP contribution in [0.2, 0.25) is 0 Å². The van der Waals surface area contributed by atoms with Gasteiger partial charge in [-0.2, -0.15) is 5.10 Å². The van der Waals surface area contributed by atoms with Crippen molar-refractivity contribution >= 4 is 16.9 Å². The normalized spacial score (nSPS) is 20.2. The van der Waals surface area contributed by atoms with Gasteiger partial charge in [0.1, 0.15) is 12.1 Å². The fourth-order valence-electron chi connectivity index (χ4n) is 2.42. The van der Waals surface area contributed by atoms with Crippen LogP contribution in [0.4, 0.5) is 5.82 Å². The Hall–Kier alpha value is -1.69. The predicted molar refractivity (Wildman–Crippen MR) is 65.6 cm³/mol. The molecule has 0 spiro atoms. The molecule has 3 N–H and O–H groups in total. The van der Waals surface area contributed by atoms with E-state index in [9.17, 15) is 0 Å². The van der Waals surface area contributed by atoms with E-state index in [4.69, 9.17) is 5.73 Å². The second-order valence-electron chi connectivity index (χ2n) is 4.35. The van der Waals surface area contributed by atoms with Crippen molar-refractivity contribution in [3.8, 4) is 0 Å². The quantitative estimate of drug-likeness (QED) is 0.788.